The number of carbonyl (C=O) groups is 2. The molecule has 5 heteroatoms. The van der Waals surface area contributed by atoms with Crippen LogP contribution >= 0.6 is 0 Å². The highest BCUT2D eigenvalue weighted by Crippen LogP contribution is 2.39. The Morgan fingerprint density at radius 3 is 2.52 bits per heavy atom. The first-order valence-electron chi connectivity index (χ1n) is 11.4. The summed E-state index contributed by atoms with van der Waals surface area (Å²) in [6, 6.07) is 8.41. The van der Waals surface area contributed by atoms with Gasteiger partial charge in [-0.2, -0.15) is 0 Å². The van der Waals surface area contributed by atoms with Gasteiger partial charge in [0.05, 0.1) is 5.92 Å². The van der Waals surface area contributed by atoms with Crippen molar-refractivity contribution < 1.29 is 9.59 Å². The van der Waals surface area contributed by atoms with Gasteiger partial charge in [0.1, 0.15) is 0 Å². The number of likely N-dealkylation sites (tertiary alicyclic amines) is 1. The van der Waals surface area contributed by atoms with Crippen molar-refractivity contribution in [3.63, 3.8) is 0 Å². The van der Waals surface area contributed by atoms with Crippen LogP contribution in [-0.2, 0) is 16.0 Å². The number of carbonyl (C=O) groups excluding carboxylic acids is 2. The van der Waals surface area contributed by atoms with Crippen LogP contribution in [0.4, 0.5) is 5.69 Å². The molecule has 1 aromatic carbocycles. The Kier molecular flexibility index (Phi) is 6.23. The summed E-state index contributed by atoms with van der Waals surface area (Å²) in [4.78, 5) is 31.2. The summed E-state index contributed by atoms with van der Waals surface area (Å²) in [6.45, 7) is 4.77. The van der Waals surface area contributed by atoms with E-state index in [1.807, 2.05) is 24.1 Å². The van der Waals surface area contributed by atoms with Crippen molar-refractivity contribution in [2.24, 2.45) is 17.8 Å². The standard InChI is InChI=1S/C24H35N3O2/c1-17-14-19-9-3-6-12-22(19)27(17)24(29)21-11-5-4-10-20(21)23(28)26-13-7-8-18(16-26)15-25-2/h3,6,9,12,17-18,20-21,25H,4-5,7-8,10-11,13-16H2,1-2H3. The highest BCUT2D eigenvalue weighted by atomic mass is 16.2. The lowest BCUT2D eigenvalue weighted by atomic mass is 9.77. The summed E-state index contributed by atoms with van der Waals surface area (Å²) in [6.07, 6.45) is 6.96. The Morgan fingerprint density at radius 1 is 1.03 bits per heavy atom. The van der Waals surface area contributed by atoms with Crippen molar-refractivity contribution in [3.05, 3.63) is 29.8 Å². The zero-order valence-electron chi connectivity index (χ0n) is 17.9. The molecule has 4 unspecified atom stereocenters. The van der Waals surface area contributed by atoms with Crippen LogP contribution in [0, 0.1) is 17.8 Å². The number of benzene rings is 1. The molecular weight excluding hydrogens is 362 g/mol. The second-order valence-corrected chi connectivity index (χ2v) is 9.24. The molecule has 2 heterocycles. The van der Waals surface area contributed by atoms with Gasteiger partial charge >= 0.3 is 0 Å². The molecule has 1 aromatic rings. The Balaban J connectivity index is 1.52. The first-order valence-corrected chi connectivity index (χ1v) is 11.4. The molecule has 5 nitrogen and oxygen atoms in total. The number of anilines is 1. The van der Waals surface area contributed by atoms with Crippen molar-refractivity contribution in [2.75, 3.05) is 31.6 Å². The second-order valence-electron chi connectivity index (χ2n) is 9.24. The lowest BCUT2D eigenvalue weighted by molar-refractivity contribution is -0.144. The largest absolute Gasteiger partial charge is 0.342 e. The molecule has 0 radical (unpaired) electrons. The number of nitrogens with one attached hydrogen (secondary N) is 1. The maximum Gasteiger partial charge on any atom is 0.231 e. The minimum Gasteiger partial charge on any atom is -0.342 e. The summed E-state index contributed by atoms with van der Waals surface area (Å²) in [5.74, 6) is 0.605. The molecule has 1 N–H and O–H groups in total. The summed E-state index contributed by atoms with van der Waals surface area (Å²) < 4.78 is 0. The number of nitrogens with zero attached hydrogens (tertiary/aromatic N) is 2. The van der Waals surface area contributed by atoms with Gasteiger partial charge in [-0.15, -0.1) is 0 Å². The number of hydrogen-bond donors (Lipinski definition) is 1. The molecule has 2 aliphatic heterocycles. The molecular formula is C24H35N3O2. The fourth-order valence-corrected chi connectivity index (χ4v) is 5.76. The third-order valence-electron chi connectivity index (χ3n) is 7.17. The Hall–Kier alpha value is -1.88. The molecule has 2 fully saturated rings. The molecule has 4 rings (SSSR count). The van der Waals surface area contributed by atoms with Crippen molar-refractivity contribution in [1.82, 2.24) is 10.2 Å². The fourth-order valence-electron chi connectivity index (χ4n) is 5.76. The molecule has 0 bridgehead atoms. The molecule has 3 aliphatic rings. The molecule has 2 amide bonds. The molecule has 158 valence electrons. The molecule has 0 spiro atoms. The first-order chi connectivity index (χ1) is 14.1. The van der Waals surface area contributed by atoms with Gasteiger partial charge in [-0.05, 0) is 70.2 Å². The van der Waals surface area contributed by atoms with Crippen LogP contribution in [-0.4, -0.2) is 49.4 Å². The highest BCUT2D eigenvalue weighted by molar-refractivity contribution is 6.00. The van der Waals surface area contributed by atoms with Crippen LogP contribution in [0.5, 0.6) is 0 Å². The van der Waals surface area contributed by atoms with E-state index in [9.17, 15) is 9.59 Å². The van der Waals surface area contributed by atoms with Gasteiger partial charge in [-0.1, -0.05) is 31.0 Å². The van der Waals surface area contributed by atoms with Gasteiger partial charge < -0.3 is 15.1 Å². The van der Waals surface area contributed by atoms with Crippen molar-refractivity contribution >= 4 is 17.5 Å². The molecule has 0 aromatic heterocycles. The molecule has 1 saturated heterocycles. The van der Waals surface area contributed by atoms with E-state index < -0.39 is 0 Å². The summed E-state index contributed by atoms with van der Waals surface area (Å²) in [5, 5.41) is 3.26. The topological polar surface area (TPSA) is 52.7 Å². The number of fused-ring (bicyclic) bond motifs is 1. The maximum atomic E-state index is 13.7. The summed E-state index contributed by atoms with van der Waals surface area (Å²) >= 11 is 0. The molecule has 29 heavy (non-hydrogen) atoms. The van der Waals surface area contributed by atoms with E-state index in [-0.39, 0.29) is 29.7 Å². The Morgan fingerprint density at radius 2 is 1.76 bits per heavy atom. The number of rotatable bonds is 4. The molecule has 4 atom stereocenters. The molecule has 1 saturated carbocycles. The number of piperidine rings is 1. The van der Waals surface area contributed by atoms with E-state index in [1.165, 1.54) is 12.0 Å². The minimum atomic E-state index is -0.172. The second kappa shape index (κ2) is 8.86. The Labute approximate surface area is 174 Å². The molecule has 1 aliphatic carbocycles. The third-order valence-corrected chi connectivity index (χ3v) is 7.17. The van der Waals surface area contributed by atoms with Gasteiger partial charge in [0.2, 0.25) is 11.8 Å². The van der Waals surface area contributed by atoms with E-state index >= 15 is 0 Å². The number of para-hydroxylation sites is 1. The normalized spacial score (nSPS) is 29.6. The van der Waals surface area contributed by atoms with Gasteiger partial charge in [-0.25, -0.2) is 0 Å². The SMILES string of the molecule is CNCC1CCCN(C(=O)C2CCCCC2C(=O)N2c3ccccc3CC2C)C1. The predicted molar refractivity (Wildman–Crippen MR) is 116 cm³/mol. The highest BCUT2D eigenvalue weighted by Gasteiger charge is 2.43. The average Bonchev–Trinajstić information content (AvgIpc) is 3.09. The maximum absolute atomic E-state index is 13.7. The van der Waals surface area contributed by atoms with E-state index in [4.69, 9.17) is 0 Å². The van der Waals surface area contributed by atoms with Gasteiger partial charge in [0.15, 0.2) is 0 Å². The van der Waals surface area contributed by atoms with Gasteiger partial charge in [-0.3, -0.25) is 9.59 Å². The Bertz CT molecular complexity index is 747. The van der Waals surface area contributed by atoms with Crippen molar-refractivity contribution in [2.45, 2.75) is 57.9 Å². The fraction of sp³-hybridized carbons (Fsp3) is 0.667. The van der Waals surface area contributed by atoms with Crippen LogP contribution in [0.1, 0.15) is 51.0 Å². The zero-order valence-corrected chi connectivity index (χ0v) is 17.9. The van der Waals surface area contributed by atoms with Crippen molar-refractivity contribution in [1.29, 1.82) is 0 Å². The number of amides is 2. The van der Waals surface area contributed by atoms with E-state index in [1.54, 1.807) is 0 Å². The summed E-state index contributed by atoms with van der Waals surface area (Å²) in [5.41, 5.74) is 2.30. The van der Waals surface area contributed by atoms with Gasteiger partial charge in [0, 0.05) is 30.7 Å². The first kappa shape index (κ1) is 20.4. The van der Waals surface area contributed by atoms with E-state index in [2.05, 4.69) is 29.3 Å². The third kappa shape index (κ3) is 4.07. The van der Waals surface area contributed by atoms with Crippen LogP contribution < -0.4 is 10.2 Å². The van der Waals surface area contributed by atoms with Crippen LogP contribution in [0.25, 0.3) is 0 Å². The van der Waals surface area contributed by atoms with Crippen LogP contribution in [0.2, 0.25) is 0 Å². The van der Waals surface area contributed by atoms with E-state index in [0.717, 1.165) is 63.8 Å². The zero-order chi connectivity index (χ0) is 20.4. The van der Waals surface area contributed by atoms with E-state index in [0.29, 0.717) is 5.92 Å². The quantitative estimate of drug-likeness (QED) is 0.849. The lowest BCUT2D eigenvalue weighted by Crippen LogP contribution is -2.50. The van der Waals surface area contributed by atoms with Crippen LogP contribution in [0.3, 0.4) is 0 Å². The van der Waals surface area contributed by atoms with Crippen LogP contribution in [0.15, 0.2) is 24.3 Å². The van der Waals surface area contributed by atoms with Gasteiger partial charge in [0.25, 0.3) is 0 Å². The minimum absolute atomic E-state index is 0.149. The van der Waals surface area contributed by atoms with Crippen molar-refractivity contribution in [3.8, 4) is 0 Å². The average molecular weight is 398 g/mol. The summed E-state index contributed by atoms with van der Waals surface area (Å²) in [7, 11) is 1.98. The lowest BCUT2D eigenvalue weighted by Gasteiger charge is -2.39. The monoisotopic (exact) mass is 397 g/mol. The number of hydrogen-bond acceptors (Lipinski definition) is 3. The predicted octanol–water partition coefficient (Wildman–Crippen LogP) is 3.23. The smallest absolute Gasteiger partial charge is 0.231 e.